The normalized spacial score (nSPS) is 15.3. The third-order valence-corrected chi connectivity index (χ3v) is 4.65. The average Bonchev–Trinajstić information content (AvgIpc) is 2.91. The minimum atomic E-state index is -0.439. The number of amides is 3. The molecule has 28 heavy (non-hydrogen) atoms. The highest BCUT2D eigenvalue weighted by Gasteiger charge is 2.33. The molecule has 0 spiro atoms. The van der Waals surface area contributed by atoms with Crippen LogP contribution in [0.25, 0.3) is 6.08 Å². The molecule has 0 bridgehead atoms. The van der Waals surface area contributed by atoms with Crippen LogP contribution in [0.2, 0.25) is 0 Å². The number of halogens is 1. The van der Waals surface area contributed by atoms with E-state index in [-0.39, 0.29) is 24.3 Å². The number of benzene rings is 2. The molecule has 1 aliphatic rings. The lowest BCUT2D eigenvalue weighted by atomic mass is 10.1. The van der Waals surface area contributed by atoms with E-state index in [9.17, 15) is 9.59 Å². The maximum absolute atomic E-state index is 12.7. The lowest BCUT2D eigenvalue weighted by Gasteiger charge is -2.16. The molecule has 0 radical (unpaired) electrons. The Kier molecular flexibility index (Phi) is 6.04. The van der Waals surface area contributed by atoms with Crippen LogP contribution in [0.15, 0.2) is 52.6 Å². The van der Waals surface area contributed by atoms with E-state index < -0.39 is 6.03 Å². The van der Waals surface area contributed by atoms with Crippen molar-refractivity contribution in [1.82, 2.24) is 10.2 Å². The van der Waals surface area contributed by atoms with E-state index in [1.54, 1.807) is 19.3 Å². The van der Waals surface area contributed by atoms with Gasteiger partial charge in [0.15, 0.2) is 11.5 Å². The number of carbonyl (C=O) groups is 2. The Morgan fingerprint density at radius 3 is 2.54 bits per heavy atom. The number of carbonyl (C=O) groups excluding carboxylic acids is 2. The molecule has 0 aromatic heterocycles. The van der Waals surface area contributed by atoms with Gasteiger partial charge in [-0.1, -0.05) is 30.3 Å². The van der Waals surface area contributed by atoms with Crippen molar-refractivity contribution < 1.29 is 19.1 Å². The van der Waals surface area contributed by atoms with Gasteiger partial charge in [-0.2, -0.15) is 0 Å². The molecule has 2 aromatic carbocycles. The quantitative estimate of drug-likeness (QED) is 0.531. The van der Waals surface area contributed by atoms with Crippen molar-refractivity contribution in [2.24, 2.45) is 0 Å². The molecule has 0 unspecified atom stereocenters. The molecular formula is C21H21BrN2O4. The van der Waals surface area contributed by atoms with Gasteiger partial charge in [0, 0.05) is 0 Å². The number of urea groups is 1. The Hall–Kier alpha value is -2.80. The molecule has 1 fully saturated rings. The van der Waals surface area contributed by atoms with Gasteiger partial charge in [0.25, 0.3) is 5.91 Å². The largest absolute Gasteiger partial charge is 0.493 e. The molecule has 146 valence electrons. The van der Waals surface area contributed by atoms with Gasteiger partial charge >= 0.3 is 6.03 Å². The average molecular weight is 445 g/mol. The Balaban J connectivity index is 1.86. The number of methoxy groups -OCH3 is 1. The van der Waals surface area contributed by atoms with Gasteiger partial charge in [0.1, 0.15) is 5.70 Å². The summed E-state index contributed by atoms with van der Waals surface area (Å²) < 4.78 is 11.9. The fourth-order valence-electron chi connectivity index (χ4n) is 2.82. The fourth-order valence-corrected chi connectivity index (χ4v) is 3.37. The van der Waals surface area contributed by atoms with Gasteiger partial charge in [-0.05, 0) is 59.1 Å². The molecule has 7 heteroatoms. The first-order valence-corrected chi connectivity index (χ1v) is 9.61. The third kappa shape index (κ3) is 4.36. The van der Waals surface area contributed by atoms with Crippen LogP contribution in [0.5, 0.6) is 11.5 Å². The summed E-state index contributed by atoms with van der Waals surface area (Å²) in [6, 6.07) is 12.5. The molecule has 2 aromatic rings. The van der Waals surface area contributed by atoms with Crippen molar-refractivity contribution in [1.29, 1.82) is 0 Å². The van der Waals surface area contributed by atoms with E-state index >= 15 is 0 Å². The zero-order valence-electron chi connectivity index (χ0n) is 15.9. The molecule has 1 N–H and O–H groups in total. The van der Waals surface area contributed by atoms with Crippen LogP contribution >= 0.6 is 15.9 Å². The van der Waals surface area contributed by atoms with Crippen LogP contribution in [0.1, 0.15) is 25.0 Å². The van der Waals surface area contributed by atoms with E-state index in [1.165, 1.54) is 4.90 Å². The minimum absolute atomic E-state index is 0.0170. The lowest BCUT2D eigenvalue weighted by Crippen LogP contribution is -2.30. The predicted octanol–water partition coefficient (Wildman–Crippen LogP) is 4.34. The van der Waals surface area contributed by atoms with Crippen LogP contribution in [-0.4, -0.2) is 30.1 Å². The van der Waals surface area contributed by atoms with Crippen molar-refractivity contribution in [3.8, 4) is 11.5 Å². The summed E-state index contributed by atoms with van der Waals surface area (Å²) in [5, 5.41) is 2.64. The minimum Gasteiger partial charge on any atom is -0.493 e. The molecule has 3 rings (SSSR count). The molecule has 0 atom stereocenters. The zero-order chi connectivity index (χ0) is 20.3. The number of hydrogen-bond acceptors (Lipinski definition) is 4. The van der Waals surface area contributed by atoms with E-state index in [0.29, 0.717) is 21.5 Å². The summed E-state index contributed by atoms with van der Waals surface area (Å²) in [6.45, 7) is 4.07. The van der Waals surface area contributed by atoms with Crippen LogP contribution in [-0.2, 0) is 11.3 Å². The lowest BCUT2D eigenvalue weighted by molar-refractivity contribution is -0.123. The van der Waals surface area contributed by atoms with E-state index in [4.69, 9.17) is 9.47 Å². The van der Waals surface area contributed by atoms with Gasteiger partial charge < -0.3 is 14.8 Å². The SMILES string of the molecule is COc1cc(/C=C2/NC(=O)N(Cc3ccccc3)C2=O)cc(Br)c1OC(C)C. The van der Waals surface area contributed by atoms with Crippen molar-refractivity contribution in [3.63, 3.8) is 0 Å². The zero-order valence-corrected chi connectivity index (χ0v) is 17.4. The first-order chi connectivity index (χ1) is 13.4. The number of nitrogens with one attached hydrogen (secondary N) is 1. The molecule has 1 aliphatic heterocycles. The predicted molar refractivity (Wildman–Crippen MR) is 110 cm³/mol. The summed E-state index contributed by atoms with van der Waals surface area (Å²) in [6.07, 6.45) is 1.61. The number of hydrogen-bond donors (Lipinski definition) is 1. The van der Waals surface area contributed by atoms with Gasteiger partial charge in [-0.25, -0.2) is 4.79 Å². The van der Waals surface area contributed by atoms with Gasteiger partial charge in [0.05, 0.1) is 24.2 Å². The topological polar surface area (TPSA) is 67.9 Å². The maximum atomic E-state index is 12.7. The summed E-state index contributed by atoms with van der Waals surface area (Å²) in [4.78, 5) is 26.1. The summed E-state index contributed by atoms with van der Waals surface area (Å²) >= 11 is 3.48. The fraction of sp³-hybridized carbons (Fsp3) is 0.238. The second kappa shape index (κ2) is 8.48. The van der Waals surface area contributed by atoms with Gasteiger partial charge in [0.2, 0.25) is 0 Å². The standard InChI is InChI=1S/C21H21BrN2O4/c1-13(2)28-19-16(22)9-15(11-18(19)27-3)10-17-20(25)24(21(26)23-17)12-14-7-5-4-6-8-14/h4-11,13H,12H2,1-3H3,(H,23,26)/b17-10+. The third-order valence-electron chi connectivity index (χ3n) is 4.06. The number of ether oxygens (including phenoxy) is 2. The van der Waals surface area contributed by atoms with Crippen LogP contribution < -0.4 is 14.8 Å². The number of rotatable bonds is 6. The second-order valence-corrected chi connectivity index (χ2v) is 7.42. The van der Waals surface area contributed by atoms with Crippen LogP contribution in [0.3, 0.4) is 0 Å². The Bertz CT molecular complexity index is 926. The highest BCUT2D eigenvalue weighted by molar-refractivity contribution is 9.10. The summed E-state index contributed by atoms with van der Waals surface area (Å²) in [5.41, 5.74) is 1.80. The smallest absolute Gasteiger partial charge is 0.329 e. The Morgan fingerprint density at radius 1 is 1.18 bits per heavy atom. The molecule has 0 saturated carbocycles. The summed E-state index contributed by atoms with van der Waals surface area (Å²) in [5.74, 6) is 0.756. The first kappa shape index (κ1) is 19.9. The van der Waals surface area contributed by atoms with E-state index in [1.807, 2.05) is 50.2 Å². The van der Waals surface area contributed by atoms with Gasteiger partial charge in [-0.3, -0.25) is 9.69 Å². The first-order valence-electron chi connectivity index (χ1n) is 8.81. The van der Waals surface area contributed by atoms with Crippen LogP contribution in [0.4, 0.5) is 4.79 Å². The van der Waals surface area contributed by atoms with Crippen molar-refractivity contribution in [2.45, 2.75) is 26.5 Å². The Labute approximate surface area is 172 Å². The number of imide groups is 1. The van der Waals surface area contributed by atoms with E-state index in [0.717, 1.165) is 5.56 Å². The van der Waals surface area contributed by atoms with Crippen molar-refractivity contribution in [3.05, 3.63) is 63.8 Å². The Morgan fingerprint density at radius 2 is 1.89 bits per heavy atom. The molecule has 6 nitrogen and oxygen atoms in total. The monoisotopic (exact) mass is 444 g/mol. The van der Waals surface area contributed by atoms with Crippen molar-refractivity contribution >= 4 is 33.9 Å². The maximum Gasteiger partial charge on any atom is 0.329 e. The molecule has 3 amide bonds. The molecule has 0 aliphatic carbocycles. The molecular weight excluding hydrogens is 424 g/mol. The molecule has 1 heterocycles. The van der Waals surface area contributed by atoms with E-state index in [2.05, 4.69) is 21.2 Å². The second-order valence-electron chi connectivity index (χ2n) is 6.57. The van der Waals surface area contributed by atoms with Crippen LogP contribution in [0, 0.1) is 0 Å². The highest BCUT2D eigenvalue weighted by Crippen LogP contribution is 2.38. The van der Waals surface area contributed by atoms with Crippen molar-refractivity contribution in [2.75, 3.05) is 7.11 Å². The summed E-state index contributed by atoms with van der Waals surface area (Å²) in [7, 11) is 1.55. The highest BCUT2D eigenvalue weighted by atomic mass is 79.9. The molecule has 1 saturated heterocycles. The van der Waals surface area contributed by atoms with Gasteiger partial charge in [-0.15, -0.1) is 0 Å². The number of nitrogens with zero attached hydrogens (tertiary/aromatic N) is 1.